The Morgan fingerprint density at radius 2 is 1.79 bits per heavy atom. The highest BCUT2D eigenvalue weighted by atomic mass is 32.2. The third kappa shape index (κ3) is 5.48. The summed E-state index contributed by atoms with van der Waals surface area (Å²) in [5.41, 5.74) is 2.67. The van der Waals surface area contributed by atoms with Crippen molar-refractivity contribution in [1.29, 1.82) is 0 Å². The molecule has 0 radical (unpaired) electrons. The number of nitrogens with one attached hydrogen (secondary N) is 1. The lowest BCUT2D eigenvalue weighted by Crippen LogP contribution is -2.49. The second-order valence-corrected chi connectivity index (χ2v) is 8.52. The van der Waals surface area contributed by atoms with E-state index in [1.54, 1.807) is 37.3 Å². The van der Waals surface area contributed by atoms with E-state index in [0.717, 1.165) is 23.1 Å². The van der Waals surface area contributed by atoms with Gasteiger partial charge >= 0.3 is 0 Å². The molecule has 0 aliphatic rings. The Labute approximate surface area is 167 Å². The van der Waals surface area contributed by atoms with Gasteiger partial charge in [0.15, 0.2) is 0 Å². The Bertz CT molecular complexity index is 898. The molecule has 7 heteroatoms. The van der Waals surface area contributed by atoms with Gasteiger partial charge in [0, 0.05) is 0 Å². The fraction of sp³-hybridized carbons (Fsp3) is 0.381. The van der Waals surface area contributed by atoms with Crippen LogP contribution in [0.15, 0.2) is 48.5 Å². The molecular weight excluding hydrogens is 376 g/mol. The van der Waals surface area contributed by atoms with Crippen LogP contribution >= 0.6 is 0 Å². The van der Waals surface area contributed by atoms with E-state index in [4.69, 9.17) is 4.74 Å². The Kier molecular flexibility index (Phi) is 7.45. The number of carbonyl (C=O) groups excluding carboxylic acids is 1. The fourth-order valence-corrected chi connectivity index (χ4v) is 4.18. The Balaban J connectivity index is 2.03. The van der Waals surface area contributed by atoms with E-state index in [2.05, 4.69) is 5.32 Å². The Morgan fingerprint density at radius 3 is 2.39 bits per heavy atom. The normalized spacial score (nSPS) is 12.3. The van der Waals surface area contributed by atoms with Crippen LogP contribution in [-0.2, 0) is 14.8 Å². The minimum absolute atomic E-state index is 0.287. The van der Waals surface area contributed by atoms with Crippen LogP contribution in [0.4, 0.5) is 5.69 Å². The number of rotatable bonds is 9. The third-order valence-corrected chi connectivity index (χ3v) is 5.73. The van der Waals surface area contributed by atoms with Crippen LogP contribution in [0.2, 0.25) is 0 Å². The number of sulfonamides is 1. The number of carbonyl (C=O) groups is 1. The van der Waals surface area contributed by atoms with Crippen LogP contribution in [0, 0.1) is 13.8 Å². The summed E-state index contributed by atoms with van der Waals surface area (Å²) in [6.07, 6.45) is 1.46. The fourth-order valence-electron chi connectivity index (χ4n) is 2.97. The molecule has 0 bridgehead atoms. The summed E-state index contributed by atoms with van der Waals surface area (Å²) in [4.78, 5) is 12.7. The maximum atomic E-state index is 12.7. The van der Waals surface area contributed by atoms with Gasteiger partial charge in [-0.2, -0.15) is 0 Å². The first kappa shape index (κ1) is 21.8. The number of hydrogen-bond acceptors (Lipinski definition) is 4. The van der Waals surface area contributed by atoms with Crippen molar-refractivity contribution in [2.45, 2.75) is 33.2 Å². The molecule has 1 N–H and O–H groups in total. The van der Waals surface area contributed by atoms with Crippen LogP contribution in [-0.4, -0.2) is 39.8 Å². The van der Waals surface area contributed by atoms with Crippen molar-refractivity contribution >= 4 is 21.6 Å². The maximum Gasteiger partial charge on any atom is 0.244 e. The zero-order chi connectivity index (χ0) is 20.7. The van der Waals surface area contributed by atoms with Gasteiger partial charge in [-0.1, -0.05) is 37.3 Å². The quantitative estimate of drug-likeness (QED) is 0.652. The van der Waals surface area contributed by atoms with E-state index < -0.39 is 16.1 Å². The molecule has 0 aromatic heterocycles. The first-order chi connectivity index (χ1) is 13.3. The summed E-state index contributed by atoms with van der Waals surface area (Å²) < 4.78 is 31.6. The van der Waals surface area contributed by atoms with E-state index in [9.17, 15) is 13.2 Å². The number of amides is 1. The van der Waals surface area contributed by atoms with Gasteiger partial charge in [0.2, 0.25) is 15.9 Å². The minimum atomic E-state index is -3.62. The van der Waals surface area contributed by atoms with E-state index in [1.807, 2.05) is 32.0 Å². The predicted octanol–water partition coefficient (Wildman–Crippen LogP) is 3.04. The monoisotopic (exact) mass is 404 g/mol. The summed E-state index contributed by atoms with van der Waals surface area (Å²) >= 11 is 0. The number of ether oxygens (including phenoxy) is 1. The SMILES string of the molecule is CCC(C(=O)NCCOc1cccc(C)c1C)N(c1ccccc1)S(C)(=O)=O. The van der Waals surface area contributed by atoms with E-state index in [1.165, 1.54) is 4.31 Å². The lowest BCUT2D eigenvalue weighted by Gasteiger charge is -2.30. The minimum Gasteiger partial charge on any atom is -0.491 e. The number of aryl methyl sites for hydroxylation is 1. The molecular formula is C21H28N2O4S. The van der Waals surface area contributed by atoms with Gasteiger partial charge < -0.3 is 10.1 Å². The molecule has 0 saturated heterocycles. The molecule has 0 aliphatic carbocycles. The van der Waals surface area contributed by atoms with Crippen molar-refractivity contribution in [2.24, 2.45) is 0 Å². The number of nitrogens with zero attached hydrogens (tertiary/aromatic N) is 1. The van der Waals surface area contributed by atoms with Gasteiger partial charge in [-0.25, -0.2) is 8.42 Å². The largest absolute Gasteiger partial charge is 0.491 e. The molecule has 2 aromatic carbocycles. The van der Waals surface area contributed by atoms with Crippen LogP contribution in [0.25, 0.3) is 0 Å². The lowest BCUT2D eigenvalue weighted by molar-refractivity contribution is -0.122. The molecule has 6 nitrogen and oxygen atoms in total. The highest BCUT2D eigenvalue weighted by Crippen LogP contribution is 2.22. The van der Waals surface area contributed by atoms with Crippen LogP contribution in [0.1, 0.15) is 24.5 Å². The number of para-hydroxylation sites is 1. The molecule has 2 rings (SSSR count). The number of hydrogen-bond donors (Lipinski definition) is 1. The summed E-state index contributed by atoms with van der Waals surface area (Å²) in [6.45, 7) is 6.38. The van der Waals surface area contributed by atoms with Gasteiger partial charge in [0.25, 0.3) is 0 Å². The molecule has 0 heterocycles. The predicted molar refractivity (Wildman–Crippen MR) is 112 cm³/mol. The molecule has 152 valence electrons. The van der Waals surface area contributed by atoms with Crippen molar-refractivity contribution in [3.8, 4) is 5.75 Å². The Hall–Kier alpha value is -2.54. The van der Waals surface area contributed by atoms with Crippen molar-refractivity contribution in [3.63, 3.8) is 0 Å². The molecule has 1 atom stereocenters. The zero-order valence-corrected chi connectivity index (χ0v) is 17.6. The lowest BCUT2D eigenvalue weighted by atomic mass is 10.1. The number of benzene rings is 2. The first-order valence-corrected chi connectivity index (χ1v) is 11.1. The maximum absolute atomic E-state index is 12.7. The van der Waals surface area contributed by atoms with Crippen molar-refractivity contribution < 1.29 is 17.9 Å². The summed E-state index contributed by atoms with van der Waals surface area (Å²) in [5.74, 6) is 0.435. The molecule has 28 heavy (non-hydrogen) atoms. The van der Waals surface area contributed by atoms with Crippen molar-refractivity contribution in [2.75, 3.05) is 23.7 Å². The average molecular weight is 405 g/mol. The molecule has 1 unspecified atom stereocenters. The first-order valence-electron chi connectivity index (χ1n) is 9.27. The topological polar surface area (TPSA) is 75.7 Å². The van der Waals surface area contributed by atoms with E-state index >= 15 is 0 Å². The van der Waals surface area contributed by atoms with E-state index in [-0.39, 0.29) is 12.5 Å². The second-order valence-electron chi connectivity index (χ2n) is 6.66. The third-order valence-electron chi connectivity index (χ3n) is 4.55. The van der Waals surface area contributed by atoms with Gasteiger partial charge in [-0.05, 0) is 49.6 Å². The Morgan fingerprint density at radius 1 is 1.11 bits per heavy atom. The van der Waals surface area contributed by atoms with E-state index in [0.29, 0.717) is 18.7 Å². The van der Waals surface area contributed by atoms with Gasteiger partial charge in [0.1, 0.15) is 18.4 Å². The van der Waals surface area contributed by atoms with Crippen LogP contribution in [0.3, 0.4) is 0 Å². The van der Waals surface area contributed by atoms with Gasteiger partial charge in [-0.3, -0.25) is 9.10 Å². The molecule has 0 fully saturated rings. The molecule has 2 aromatic rings. The van der Waals surface area contributed by atoms with Crippen molar-refractivity contribution in [3.05, 3.63) is 59.7 Å². The summed E-state index contributed by atoms with van der Waals surface area (Å²) in [7, 11) is -3.62. The molecule has 0 aliphatic heterocycles. The molecule has 1 amide bonds. The smallest absolute Gasteiger partial charge is 0.244 e. The van der Waals surface area contributed by atoms with Gasteiger partial charge in [0.05, 0.1) is 18.5 Å². The summed E-state index contributed by atoms with van der Waals surface area (Å²) in [5, 5.41) is 2.79. The number of anilines is 1. The molecule has 0 saturated carbocycles. The molecule has 0 spiro atoms. The standard InChI is InChI=1S/C21H28N2O4S/c1-5-19(23(28(4,25)26)18-11-7-6-8-12-18)21(24)22-14-15-27-20-13-9-10-16(2)17(20)3/h6-13,19H,5,14-15H2,1-4H3,(H,22,24). The zero-order valence-electron chi connectivity index (χ0n) is 16.8. The van der Waals surface area contributed by atoms with Crippen LogP contribution in [0.5, 0.6) is 5.75 Å². The summed E-state index contributed by atoms with van der Waals surface area (Å²) in [6, 6.07) is 13.7. The van der Waals surface area contributed by atoms with Crippen LogP contribution < -0.4 is 14.4 Å². The van der Waals surface area contributed by atoms with Crippen molar-refractivity contribution in [1.82, 2.24) is 5.32 Å². The average Bonchev–Trinajstić information content (AvgIpc) is 2.65. The van der Waals surface area contributed by atoms with Gasteiger partial charge in [-0.15, -0.1) is 0 Å². The second kappa shape index (κ2) is 9.59. The highest BCUT2D eigenvalue weighted by Gasteiger charge is 2.31. The highest BCUT2D eigenvalue weighted by molar-refractivity contribution is 7.92.